The summed E-state index contributed by atoms with van der Waals surface area (Å²) >= 11 is 6.23. The van der Waals surface area contributed by atoms with E-state index in [2.05, 4.69) is 36.2 Å². The molecule has 0 aliphatic rings. The van der Waals surface area contributed by atoms with Crippen LogP contribution in [0.2, 0.25) is 5.02 Å². The third kappa shape index (κ3) is 3.19. The summed E-state index contributed by atoms with van der Waals surface area (Å²) in [6.45, 7) is 11.1. The van der Waals surface area contributed by atoms with E-state index < -0.39 is 0 Å². The number of pyridine rings is 1. The molecule has 4 nitrogen and oxygen atoms in total. The summed E-state index contributed by atoms with van der Waals surface area (Å²) in [4.78, 5) is 4.21. The summed E-state index contributed by atoms with van der Waals surface area (Å²) in [5, 5.41) is 8.70. The van der Waals surface area contributed by atoms with Crippen molar-refractivity contribution < 1.29 is 0 Å². The zero-order valence-electron chi connectivity index (χ0n) is 12.7. The van der Waals surface area contributed by atoms with E-state index in [1.165, 1.54) is 0 Å². The molecule has 20 heavy (non-hydrogen) atoms. The molecular weight excluding hydrogens is 272 g/mol. The molecular formula is C15H21ClN4. The molecule has 0 aliphatic carbocycles. The highest BCUT2D eigenvalue weighted by Crippen LogP contribution is 2.23. The second-order valence-electron chi connectivity index (χ2n) is 6.00. The van der Waals surface area contributed by atoms with Crippen molar-refractivity contribution in [2.24, 2.45) is 0 Å². The van der Waals surface area contributed by atoms with Gasteiger partial charge in [-0.3, -0.25) is 4.98 Å². The van der Waals surface area contributed by atoms with E-state index in [0.29, 0.717) is 5.02 Å². The first-order valence-corrected chi connectivity index (χ1v) is 7.07. The average molecular weight is 293 g/mol. The first-order chi connectivity index (χ1) is 9.29. The largest absolute Gasteiger partial charge is 0.308 e. The number of halogens is 1. The van der Waals surface area contributed by atoms with Gasteiger partial charge in [0.05, 0.1) is 28.3 Å². The normalized spacial score (nSPS) is 11.9. The van der Waals surface area contributed by atoms with Crippen molar-refractivity contribution in [2.75, 3.05) is 0 Å². The lowest BCUT2D eigenvalue weighted by Gasteiger charge is -2.21. The average Bonchev–Trinajstić information content (AvgIpc) is 2.64. The Labute approximate surface area is 125 Å². The van der Waals surface area contributed by atoms with Gasteiger partial charge in [0.2, 0.25) is 0 Å². The number of aromatic nitrogens is 3. The van der Waals surface area contributed by atoms with Gasteiger partial charge in [-0.15, -0.1) is 0 Å². The van der Waals surface area contributed by atoms with Crippen LogP contribution in [0.5, 0.6) is 0 Å². The molecule has 2 aromatic rings. The second-order valence-corrected chi connectivity index (χ2v) is 6.38. The Morgan fingerprint density at radius 3 is 2.55 bits per heavy atom. The first kappa shape index (κ1) is 15.0. The number of hydrogen-bond donors (Lipinski definition) is 1. The molecule has 0 spiro atoms. The van der Waals surface area contributed by atoms with E-state index >= 15 is 0 Å². The molecule has 2 aromatic heterocycles. The van der Waals surface area contributed by atoms with Gasteiger partial charge in [0, 0.05) is 18.3 Å². The lowest BCUT2D eigenvalue weighted by Crippen LogP contribution is -2.35. The highest BCUT2D eigenvalue weighted by Gasteiger charge is 2.15. The number of hydrogen-bond acceptors (Lipinski definition) is 3. The monoisotopic (exact) mass is 292 g/mol. The van der Waals surface area contributed by atoms with Gasteiger partial charge in [-0.2, -0.15) is 5.10 Å². The summed E-state index contributed by atoms with van der Waals surface area (Å²) in [7, 11) is 0. The molecule has 0 atom stereocenters. The van der Waals surface area contributed by atoms with Crippen LogP contribution < -0.4 is 5.32 Å². The molecule has 0 fully saturated rings. The Morgan fingerprint density at radius 1 is 1.30 bits per heavy atom. The van der Waals surface area contributed by atoms with Crippen LogP contribution in [0.15, 0.2) is 18.5 Å². The standard InChI is InChI=1S/C15H21ClN4/c1-10-14(16)11(2)20(19-10)13-9-17-7-6-12(13)8-18-15(3,4)5/h6-7,9,18H,8H2,1-5H3. The summed E-state index contributed by atoms with van der Waals surface area (Å²) < 4.78 is 1.87. The fourth-order valence-electron chi connectivity index (χ4n) is 1.97. The zero-order chi connectivity index (χ0) is 14.9. The van der Waals surface area contributed by atoms with Crippen molar-refractivity contribution in [1.29, 1.82) is 0 Å². The minimum absolute atomic E-state index is 0.0628. The Morgan fingerprint density at radius 2 is 2.00 bits per heavy atom. The molecule has 0 saturated heterocycles. The lowest BCUT2D eigenvalue weighted by molar-refractivity contribution is 0.423. The molecule has 0 amide bonds. The van der Waals surface area contributed by atoms with Gasteiger partial charge < -0.3 is 5.32 Å². The maximum absolute atomic E-state index is 6.23. The van der Waals surface area contributed by atoms with Gasteiger partial charge in [0.1, 0.15) is 0 Å². The van der Waals surface area contributed by atoms with Crippen molar-refractivity contribution in [1.82, 2.24) is 20.1 Å². The minimum atomic E-state index is 0.0628. The molecule has 2 rings (SSSR count). The van der Waals surface area contributed by atoms with E-state index in [1.807, 2.05) is 30.8 Å². The van der Waals surface area contributed by atoms with Crippen LogP contribution in [-0.2, 0) is 6.54 Å². The molecule has 2 heterocycles. The summed E-state index contributed by atoms with van der Waals surface area (Å²) in [5.41, 5.74) is 3.96. The molecule has 1 N–H and O–H groups in total. The van der Waals surface area contributed by atoms with Crippen molar-refractivity contribution in [2.45, 2.75) is 46.7 Å². The fourth-order valence-corrected chi connectivity index (χ4v) is 2.09. The predicted octanol–water partition coefficient (Wildman–Crippen LogP) is 3.43. The predicted molar refractivity (Wildman–Crippen MR) is 82.4 cm³/mol. The highest BCUT2D eigenvalue weighted by atomic mass is 35.5. The number of nitrogens with one attached hydrogen (secondary N) is 1. The van der Waals surface area contributed by atoms with Crippen LogP contribution in [0.3, 0.4) is 0 Å². The van der Waals surface area contributed by atoms with Gasteiger partial charge in [-0.25, -0.2) is 4.68 Å². The van der Waals surface area contributed by atoms with Crippen LogP contribution in [0.4, 0.5) is 0 Å². The van der Waals surface area contributed by atoms with Crippen LogP contribution in [0.25, 0.3) is 5.69 Å². The Balaban J connectivity index is 2.39. The molecule has 108 valence electrons. The molecule has 0 unspecified atom stereocenters. The molecule has 0 bridgehead atoms. The van der Waals surface area contributed by atoms with Crippen molar-refractivity contribution >= 4 is 11.6 Å². The molecule has 0 saturated carbocycles. The van der Waals surface area contributed by atoms with Crippen LogP contribution >= 0.6 is 11.6 Å². The number of rotatable bonds is 3. The van der Waals surface area contributed by atoms with Crippen LogP contribution in [-0.4, -0.2) is 20.3 Å². The second kappa shape index (κ2) is 5.54. The topological polar surface area (TPSA) is 42.7 Å². The van der Waals surface area contributed by atoms with Gasteiger partial charge in [0.15, 0.2) is 0 Å². The van der Waals surface area contributed by atoms with Gasteiger partial charge >= 0.3 is 0 Å². The highest BCUT2D eigenvalue weighted by molar-refractivity contribution is 6.31. The van der Waals surface area contributed by atoms with E-state index in [-0.39, 0.29) is 5.54 Å². The number of aryl methyl sites for hydroxylation is 1. The maximum Gasteiger partial charge on any atom is 0.0877 e. The first-order valence-electron chi connectivity index (χ1n) is 6.69. The minimum Gasteiger partial charge on any atom is -0.308 e. The Kier molecular flexibility index (Phi) is 4.16. The van der Waals surface area contributed by atoms with Crippen molar-refractivity contribution in [3.8, 4) is 5.69 Å². The maximum atomic E-state index is 6.23. The van der Waals surface area contributed by atoms with Crippen molar-refractivity contribution in [3.05, 3.63) is 40.4 Å². The molecule has 0 aromatic carbocycles. The van der Waals surface area contributed by atoms with Crippen molar-refractivity contribution in [3.63, 3.8) is 0 Å². The third-order valence-corrected chi connectivity index (χ3v) is 3.67. The molecule has 5 heteroatoms. The fraction of sp³-hybridized carbons (Fsp3) is 0.467. The quantitative estimate of drug-likeness (QED) is 0.942. The van der Waals surface area contributed by atoms with E-state index in [1.54, 1.807) is 6.20 Å². The summed E-state index contributed by atoms with van der Waals surface area (Å²) in [5.74, 6) is 0. The summed E-state index contributed by atoms with van der Waals surface area (Å²) in [6, 6.07) is 2.01. The summed E-state index contributed by atoms with van der Waals surface area (Å²) in [6.07, 6.45) is 3.63. The zero-order valence-corrected chi connectivity index (χ0v) is 13.4. The molecule has 0 aliphatic heterocycles. The van der Waals surface area contributed by atoms with Gasteiger partial charge in [-0.1, -0.05) is 11.6 Å². The van der Waals surface area contributed by atoms with E-state index in [4.69, 9.17) is 11.6 Å². The number of nitrogens with zero attached hydrogens (tertiary/aromatic N) is 3. The van der Waals surface area contributed by atoms with Crippen LogP contribution in [0, 0.1) is 13.8 Å². The Bertz CT molecular complexity index is 611. The lowest BCUT2D eigenvalue weighted by atomic mass is 10.1. The smallest absolute Gasteiger partial charge is 0.0877 e. The third-order valence-electron chi connectivity index (χ3n) is 3.13. The SMILES string of the molecule is Cc1nn(-c2cnccc2CNC(C)(C)C)c(C)c1Cl. The Hall–Kier alpha value is -1.39. The van der Waals surface area contributed by atoms with Gasteiger partial charge in [-0.05, 0) is 46.2 Å². The van der Waals surface area contributed by atoms with Crippen LogP contribution in [0.1, 0.15) is 37.7 Å². The molecule has 0 radical (unpaired) electrons. The van der Waals surface area contributed by atoms with Gasteiger partial charge in [0.25, 0.3) is 0 Å². The van der Waals surface area contributed by atoms with E-state index in [9.17, 15) is 0 Å². The van der Waals surface area contributed by atoms with E-state index in [0.717, 1.165) is 29.2 Å².